The van der Waals surface area contributed by atoms with Gasteiger partial charge >= 0.3 is 0 Å². The van der Waals surface area contributed by atoms with E-state index >= 15 is 0 Å². The number of hydrogen-bond acceptors (Lipinski definition) is 4. The van der Waals surface area contributed by atoms with Crippen molar-refractivity contribution < 1.29 is 13.9 Å². The molecular weight excluding hydrogens is 333 g/mol. The van der Waals surface area contributed by atoms with E-state index in [1.165, 1.54) is 12.1 Å². The zero-order valence-corrected chi connectivity index (χ0v) is 14.2. The van der Waals surface area contributed by atoms with E-state index in [0.29, 0.717) is 17.1 Å². The zero-order valence-electron chi connectivity index (χ0n) is 14.2. The standard InChI is InChI=1S/C20H18FN3O2/c1-26-18-7-3-6-16(12-18)23-19-9-8-17(13-22-19)24-20(25)11-14-4-2-5-15(21)10-14/h2-10,12-13H,11H2,1H3,(H,22,23)(H,24,25). The molecule has 0 spiro atoms. The molecule has 0 fully saturated rings. The third kappa shape index (κ3) is 4.80. The Morgan fingerprint density at radius 2 is 1.92 bits per heavy atom. The fourth-order valence-corrected chi connectivity index (χ4v) is 2.43. The van der Waals surface area contributed by atoms with E-state index in [1.54, 1.807) is 37.6 Å². The molecule has 2 aromatic carbocycles. The maximum atomic E-state index is 13.2. The minimum absolute atomic E-state index is 0.0988. The highest BCUT2D eigenvalue weighted by atomic mass is 19.1. The van der Waals surface area contributed by atoms with Crippen LogP contribution >= 0.6 is 0 Å². The summed E-state index contributed by atoms with van der Waals surface area (Å²) in [5, 5.41) is 5.91. The number of ether oxygens (including phenoxy) is 1. The van der Waals surface area contributed by atoms with Crippen molar-refractivity contribution in [1.29, 1.82) is 0 Å². The smallest absolute Gasteiger partial charge is 0.228 e. The Morgan fingerprint density at radius 1 is 1.08 bits per heavy atom. The number of nitrogens with one attached hydrogen (secondary N) is 2. The van der Waals surface area contributed by atoms with Crippen molar-refractivity contribution >= 4 is 23.1 Å². The molecule has 0 radical (unpaired) electrons. The van der Waals surface area contributed by atoms with Crippen LogP contribution in [0.15, 0.2) is 66.9 Å². The highest BCUT2D eigenvalue weighted by molar-refractivity contribution is 5.92. The van der Waals surface area contributed by atoms with Crippen LogP contribution in [-0.4, -0.2) is 18.0 Å². The molecule has 0 saturated carbocycles. The summed E-state index contributed by atoms with van der Waals surface area (Å²) < 4.78 is 18.3. The Morgan fingerprint density at radius 3 is 2.65 bits per heavy atom. The minimum Gasteiger partial charge on any atom is -0.497 e. The number of rotatable bonds is 6. The molecule has 26 heavy (non-hydrogen) atoms. The van der Waals surface area contributed by atoms with Gasteiger partial charge in [0.15, 0.2) is 0 Å². The number of methoxy groups -OCH3 is 1. The number of carbonyl (C=O) groups excluding carboxylic acids is 1. The fourth-order valence-electron chi connectivity index (χ4n) is 2.43. The van der Waals surface area contributed by atoms with Gasteiger partial charge in [0.2, 0.25) is 5.91 Å². The number of nitrogens with zero attached hydrogens (tertiary/aromatic N) is 1. The van der Waals surface area contributed by atoms with Crippen molar-refractivity contribution in [2.24, 2.45) is 0 Å². The summed E-state index contributed by atoms with van der Waals surface area (Å²) in [7, 11) is 1.61. The summed E-state index contributed by atoms with van der Waals surface area (Å²) in [6.45, 7) is 0. The van der Waals surface area contributed by atoms with Crippen LogP contribution in [0, 0.1) is 5.82 Å². The molecule has 5 nitrogen and oxygen atoms in total. The Kier molecular flexibility index (Phi) is 5.43. The van der Waals surface area contributed by atoms with E-state index in [1.807, 2.05) is 24.3 Å². The Balaban J connectivity index is 1.59. The SMILES string of the molecule is COc1cccc(Nc2ccc(NC(=O)Cc3cccc(F)c3)cn2)c1. The second-order valence-electron chi connectivity index (χ2n) is 5.64. The number of carbonyl (C=O) groups is 1. The average Bonchev–Trinajstić information content (AvgIpc) is 2.63. The van der Waals surface area contributed by atoms with Gasteiger partial charge in [0, 0.05) is 11.8 Å². The molecule has 3 rings (SSSR count). The third-order valence-corrected chi connectivity index (χ3v) is 3.64. The maximum absolute atomic E-state index is 13.2. The monoisotopic (exact) mass is 351 g/mol. The Labute approximate surface area is 150 Å². The van der Waals surface area contributed by atoms with Crippen LogP contribution in [0.3, 0.4) is 0 Å². The first kappa shape index (κ1) is 17.4. The second kappa shape index (κ2) is 8.11. The van der Waals surface area contributed by atoms with Crippen LogP contribution < -0.4 is 15.4 Å². The highest BCUT2D eigenvalue weighted by Crippen LogP contribution is 2.21. The number of amides is 1. The van der Waals surface area contributed by atoms with Gasteiger partial charge in [0.05, 0.1) is 25.4 Å². The van der Waals surface area contributed by atoms with Crippen LogP contribution in [0.5, 0.6) is 5.75 Å². The van der Waals surface area contributed by atoms with E-state index < -0.39 is 0 Å². The van der Waals surface area contributed by atoms with Crippen LogP contribution in [0.25, 0.3) is 0 Å². The number of pyridine rings is 1. The lowest BCUT2D eigenvalue weighted by Gasteiger charge is -2.09. The molecule has 1 amide bonds. The molecule has 0 aliphatic carbocycles. The van der Waals surface area contributed by atoms with Crippen LogP contribution in [-0.2, 0) is 11.2 Å². The first-order chi connectivity index (χ1) is 12.6. The number of anilines is 3. The van der Waals surface area contributed by atoms with Crippen molar-refractivity contribution in [1.82, 2.24) is 4.98 Å². The van der Waals surface area contributed by atoms with Gasteiger partial charge in [-0.15, -0.1) is 0 Å². The molecule has 0 aliphatic heterocycles. The summed E-state index contributed by atoms with van der Waals surface area (Å²) in [6, 6.07) is 17.0. The van der Waals surface area contributed by atoms with E-state index in [4.69, 9.17) is 4.74 Å². The van der Waals surface area contributed by atoms with Gasteiger partial charge in [0.1, 0.15) is 17.4 Å². The largest absolute Gasteiger partial charge is 0.497 e. The lowest BCUT2D eigenvalue weighted by Crippen LogP contribution is -2.14. The van der Waals surface area contributed by atoms with Crippen molar-refractivity contribution in [2.75, 3.05) is 17.7 Å². The molecule has 0 unspecified atom stereocenters. The summed E-state index contributed by atoms with van der Waals surface area (Å²) in [6.07, 6.45) is 1.66. The number of aromatic nitrogens is 1. The quantitative estimate of drug-likeness (QED) is 0.700. The molecule has 0 saturated heterocycles. The summed E-state index contributed by atoms with van der Waals surface area (Å²) >= 11 is 0. The van der Waals surface area contributed by atoms with Gasteiger partial charge in [-0.3, -0.25) is 4.79 Å². The van der Waals surface area contributed by atoms with E-state index in [9.17, 15) is 9.18 Å². The van der Waals surface area contributed by atoms with E-state index in [0.717, 1.165) is 11.4 Å². The lowest BCUT2D eigenvalue weighted by molar-refractivity contribution is -0.115. The van der Waals surface area contributed by atoms with Gasteiger partial charge in [-0.1, -0.05) is 18.2 Å². The lowest BCUT2D eigenvalue weighted by atomic mass is 10.1. The molecule has 132 valence electrons. The fraction of sp³-hybridized carbons (Fsp3) is 0.100. The van der Waals surface area contributed by atoms with Crippen molar-refractivity contribution in [3.63, 3.8) is 0 Å². The molecule has 3 aromatic rings. The molecular formula is C20H18FN3O2. The van der Waals surface area contributed by atoms with E-state index in [-0.39, 0.29) is 18.1 Å². The van der Waals surface area contributed by atoms with Crippen LogP contribution in [0.1, 0.15) is 5.56 Å². The molecule has 2 N–H and O–H groups in total. The first-order valence-electron chi connectivity index (χ1n) is 8.04. The van der Waals surface area contributed by atoms with Gasteiger partial charge in [0.25, 0.3) is 0 Å². The predicted octanol–water partition coefficient (Wildman–Crippen LogP) is 4.15. The summed E-state index contributed by atoms with van der Waals surface area (Å²) in [4.78, 5) is 16.3. The van der Waals surface area contributed by atoms with Gasteiger partial charge in [-0.05, 0) is 42.0 Å². The molecule has 1 aromatic heterocycles. The molecule has 0 aliphatic rings. The first-order valence-corrected chi connectivity index (χ1v) is 8.04. The number of hydrogen-bond donors (Lipinski definition) is 2. The topological polar surface area (TPSA) is 63.2 Å². The van der Waals surface area contributed by atoms with Gasteiger partial charge in [-0.2, -0.15) is 0 Å². The minimum atomic E-state index is -0.357. The molecule has 0 bridgehead atoms. The second-order valence-corrected chi connectivity index (χ2v) is 5.64. The van der Waals surface area contributed by atoms with Crippen molar-refractivity contribution in [3.8, 4) is 5.75 Å². The Hall–Kier alpha value is -3.41. The summed E-state index contributed by atoms with van der Waals surface area (Å²) in [5.74, 6) is 0.799. The number of halogens is 1. The van der Waals surface area contributed by atoms with Crippen LogP contribution in [0.4, 0.5) is 21.6 Å². The zero-order chi connectivity index (χ0) is 18.4. The van der Waals surface area contributed by atoms with Crippen molar-refractivity contribution in [3.05, 3.63) is 78.2 Å². The molecule has 6 heteroatoms. The number of benzene rings is 2. The summed E-state index contributed by atoms with van der Waals surface area (Å²) in [5.41, 5.74) is 2.04. The third-order valence-electron chi connectivity index (χ3n) is 3.64. The highest BCUT2D eigenvalue weighted by Gasteiger charge is 2.06. The van der Waals surface area contributed by atoms with Crippen LogP contribution in [0.2, 0.25) is 0 Å². The molecule has 0 atom stereocenters. The van der Waals surface area contributed by atoms with Gasteiger partial charge < -0.3 is 15.4 Å². The Bertz CT molecular complexity index is 898. The van der Waals surface area contributed by atoms with Gasteiger partial charge in [-0.25, -0.2) is 9.37 Å². The van der Waals surface area contributed by atoms with Crippen molar-refractivity contribution in [2.45, 2.75) is 6.42 Å². The predicted molar refractivity (Wildman–Crippen MR) is 99.2 cm³/mol. The maximum Gasteiger partial charge on any atom is 0.228 e. The molecule has 1 heterocycles. The average molecular weight is 351 g/mol. The normalized spacial score (nSPS) is 10.2. The van der Waals surface area contributed by atoms with E-state index in [2.05, 4.69) is 15.6 Å².